The van der Waals surface area contributed by atoms with Crippen LogP contribution in [0.1, 0.15) is 12.6 Å². The minimum absolute atomic E-state index is 0.0199. The van der Waals surface area contributed by atoms with Gasteiger partial charge < -0.3 is 4.74 Å². The van der Waals surface area contributed by atoms with Crippen molar-refractivity contribution in [3.05, 3.63) is 23.0 Å². The Morgan fingerprint density at radius 3 is 2.56 bits per heavy atom. The number of rotatable bonds is 3. The Hall–Kier alpha value is -1.30. The Kier molecular flexibility index (Phi) is 3.74. The van der Waals surface area contributed by atoms with Gasteiger partial charge >= 0.3 is 6.36 Å². The van der Waals surface area contributed by atoms with Gasteiger partial charge in [0.15, 0.2) is 10.9 Å². The third kappa shape index (κ3) is 4.06. The highest BCUT2D eigenvalue weighted by Gasteiger charge is 2.32. The van der Waals surface area contributed by atoms with Gasteiger partial charge in [0.25, 0.3) is 0 Å². The molecule has 1 rings (SSSR count). The number of halogens is 4. The molecule has 7 heteroatoms. The van der Waals surface area contributed by atoms with Crippen molar-refractivity contribution in [2.45, 2.75) is 19.7 Å². The van der Waals surface area contributed by atoms with Crippen molar-refractivity contribution < 1.29 is 22.7 Å². The average molecular weight is 254 g/mol. The van der Waals surface area contributed by atoms with E-state index >= 15 is 0 Å². The minimum Gasteiger partial charge on any atom is -0.402 e. The Morgan fingerprint density at radius 2 is 2.12 bits per heavy atom. The van der Waals surface area contributed by atoms with Gasteiger partial charge in [-0.05, 0) is 19.1 Å². The topological polar surface area (TPSA) is 39.2 Å². The molecule has 0 amide bonds. The van der Waals surface area contributed by atoms with Gasteiger partial charge in [-0.3, -0.25) is 4.79 Å². The molecule has 0 bridgehead atoms. The summed E-state index contributed by atoms with van der Waals surface area (Å²) in [5.74, 6) is -0.741. The summed E-state index contributed by atoms with van der Waals surface area (Å²) in [5, 5.41) is -0.420. The SMILES string of the molecule is CC(=O)Cc1ccc(OC(F)(F)F)c(Cl)n1. The van der Waals surface area contributed by atoms with Crippen LogP contribution in [0.2, 0.25) is 5.15 Å². The minimum atomic E-state index is -4.81. The van der Waals surface area contributed by atoms with E-state index in [9.17, 15) is 18.0 Å². The van der Waals surface area contributed by atoms with Crippen LogP contribution in [0.3, 0.4) is 0 Å². The molecule has 16 heavy (non-hydrogen) atoms. The molecule has 0 aromatic carbocycles. The molecule has 0 aliphatic heterocycles. The molecule has 0 aliphatic carbocycles. The molecule has 88 valence electrons. The van der Waals surface area contributed by atoms with E-state index in [1.54, 1.807) is 0 Å². The van der Waals surface area contributed by atoms with Gasteiger partial charge in [0.05, 0.1) is 0 Å². The van der Waals surface area contributed by atoms with Crippen molar-refractivity contribution in [3.63, 3.8) is 0 Å². The number of Topliss-reactive ketones (excluding diaryl/α,β-unsaturated/α-hetero) is 1. The predicted octanol–water partition coefficient (Wildman–Crippen LogP) is 2.77. The third-order valence-corrected chi connectivity index (χ3v) is 1.80. The van der Waals surface area contributed by atoms with Crippen molar-refractivity contribution in [1.29, 1.82) is 0 Å². The number of hydrogen-bond acceptors (Lipinski definition) is 3. The summed E-state index contributed by atoms with van der Waals surface area (Å²) in [6.07, 6.45) is -4.79. The van der Waals surface area contributed by atoms with Gasteiger partial charge in [-0.1, -0.05) is 11.6 Å². The zero-order valence-corrected chi connectivity index (χ0v) is 8.89. The van der Waals surface area contributed by atoms with E-state index in [1.165, 1.54) is 13.0 Å². The Labute approximate surface area is 94.2 Å². The van der Waals surface area contributed by atoms with Crippen LogP contribution >= 0.6 is 11.6 Å². The molecular formula is C9H7ClF3NO2. The molecule has 3 nitrogen and oxygen atoms in total. The summed E-state index contributed by atoms with van der Waals surface area (Å²) < 4.78 is 39.2. The molecule has 0 N–H and O–H groups in total. The van der Waals surface area contributed by atoms with Crippen LogP contribution in [0.25, 0.3) is 0 Å². The van der Waals surface area contributed by atoms with Crippen LogP contribution in [0.15, 0.2) is 12.1 Å². The number of aromatic nitrogens is 1. The van der Waals surface area contributed by atoms with Crippen molar-refractivity contribution in [3.8, 4) is 5.75 Å². The maximum atomic E-state index is 11.9. The summed E-state index contributed by atoms with van der Waals surface area (Å²) in [4.78, 5) is 14.4. The number of ether oxygens (including phenoxy) is 1. The fourth-order valence-corrected chi connectivity index (χ4v) is 1.22. The van der Waals surface area contributed by atoms with Crippen LogP contribution in [-0.2, 0) is 11.2 Å². The van der Waals surface area contributed by atoms with Crippen molar-refractivity contribution in [2.24, 2.45) is 0 Å². The average Bonchev–Trinajstić information content (AvgIpc) is 2.06. The van der Waals surface area contributed by atoms with Gasteiger partial charge in [0.1, 0.15) is 5.78 Å². The van der Waals surface area contributed by atoms with Gasteiger partial charge in [0.2, 0.25) is 0 Å². The van der Waals surface area contributed by atoms with Crippen molar-refractivity contribution >= 4 is 17.4 Å². The number of carbonyl (C=O) groups is 1. The second-order valence-corrected chi connectivity index (χ2v) is 3.38. The maximum Gasteiger partial charge on any atom is 0.573 e. The van der Waals surface area contributed by atoms with E-state index in [-0.39, 0.29) is 12.2 Å². The first-order valence-corrected chi connectivity index (χ1v) is 4.56. The van der Waals surface area contributed by atoms with E-state index in [2.05, 4.69) is 9.72 Å². The Morgan fingerprint density at radius 1 is 1.50 bits per heavy atom. The first kappa shape index (κ1) is 12.8. The van der Waals surface area contributed by atoms with Gasteiger partial charge in [-0.2, -0.15) is 0 Å². The molecule has 1 aromatic rings. The van der Waals surface area contributed by atoms with Crippen LogP contribution in [-0.4, -0.2) is 17.1 Å². The van der Waals surface area contributed by atoms with E-state index in [0.29, 0.717) is 5.69 Å². The molecule has 0 saturated carbocycles. The predicted molar refractivity (Wildman–Crippen MR) is 50.3 cm³/mol. The lowest BCUT2D eigenvalue weighted by Gasteiger charge is -2.10. The van der Waals surface area contributed by atoms with E-state index in [1.807, 2.05) is 0 Å². The summed E-state index contributed by atoms with van der Waals surface area (Å²) in [5.41, 5.74) is 0.298. The first-order valence-electron chi connectivity index (χ1n) is 4.18. The third-order valence-electron chi connectivity index (χ3n) is 1.53. The van der Waals surface area contributed by atoms with E-state index in [0.717, 1.165) is 6.07 Å². The quantitative estimate of drug-likeness (QED) is 0.778. The van der Waals surface area contributed by atoms with Gasteiger partial charge in [-0.25, -0.2) is 4.98 Å². The molecule has 0 aliphatic rings. The molecule has 0 saturated heterocycles. The summed E-state index contributed by atoms with van der Waals surface area (Å²) in [7, 11) is 0. The second-order valence-electron chi connectivity index (χ2n) is 3.02. The van der Waals surface area contributed by atoms with Crippen LogP contribution in [0, 0.1) is 0 Å². The van der Waals surface area contributed by atoms with Crippen molar-refractivity contribution in [1.82, 2.24) is 4.98 Å². The smallest absolute Gasteiger partial charge is 0.402 e. The van der Waals surface area contributed by atoms with Crippen LogP contribution in [0.5, 0.6) is 5.75 Å². The summed E-state index contributed by atoms with van der Waals surface area (Å²) >= 11 is 5.47. The molecule has 0 spiro atoms. The van der Waals surface area contributed by atoms with Gasteiger partial charge in [0, 0.05) is 12.1 Å². The molecule has 1 aromatic heterocycles. The largest absolute Gasteiger partial charge is 0.573 e. The van der Waals surface area contributed by atoms with E-state index in [4.69, 9.17) is 11.6 Å². The number of pyridine rings is 1. The number of hydrogen-bond donors (Lipinski definition) is 0. The molecule has 0 atom stereocenters. The number of alkyl halides is 3. The zero-order valence-electron chi connectivity index (χ0n) is 8.14. The number of carbonyl (C=O) groups excluding carboxylic acids is 1. The highest BCUT2D eigenvalue weighted by atomic mass is 35.5. The Balaban J connectivity index is 2.87. The second kappa shape index (κ2) is 4.69. The normalized spacial score (nSPS) is 11.3. The maximum absolute atomic E-state index is 11.9. The molecule has 0 unspecified atom stereocenters. The lowest BCUT2D eigenvalue weighted by atomic mass is 10.2. The Bertz CT molecular complexity index is 406. The fraction of sp³-hybridized carbons (Fsp3) is 0.333. The number of nitrogens with zero attached hydrogens (tertiary/aromatic N) is 1. The summed E-state index contributed by atoms with van der Waals surface area (Å²) in [6, 6.07) is 2.29. The monoisotopic (exact) mass is 253 g/mol. The molecule has 0 fully saturated rings. The first-order chi connectivity index (χ1) is 7.28. The highest BCUT2D eigenvalue weighted by Crippen LogP contribution is 2.28. The number of ketones is 1. The molecular weight excluding hydrogens is 247 g/mol. The van der Waals surface area contributed by atoms with Crippen molar-refractivity contribution in [2.75, 3.05) is 0 Å². The lowest BCUT2D eigenvalue weighted by Crippen LogP contribution is -2.17. The van der Waals surface area contributed by atoms with Crippen LogP contribution < -0.4 is 4.74 Å². The fourth-order valence-electron chi connectivity index (χ4n) is 1.01. The standard InChI is InChI=1S/C9H7ClF3NO2/c1-5(15)4-6-2-3-7(8(10)14-6)16-9(11,12)13/h2-3H,4H2,1H3. The highest BCUT2D eigenvalue weighted by molar-refractivity contribution is 6.30. The zero-order chi connectivity index (χ0) is 12.3. The lowest BCUT2D eigenvalue weighted by molar-refractivity contribution is -0.274. The molecule has 0 radical (unpaired) electrons. The summed E-state index contributed by atoms with van der Waals surface area (Å²) in [6.45, 7) is 1.34. The molecule has 1 heterocycles. The van der Waals surface area contributed by atoms with Crippen LogP contribution in [0.4, 0.5) is 13.2 Å². The van der Waals surface area contributed by atoms with Gasteiger partial charge in [-0.15, -0.1) is 13.2 Å². The van der Waals surface area contributed by atoms with E-state index < -0.39 is 17.3 Å².